The van der Waals surface area contributed by atoms with E-state index in [4.69, 9.17) is 11.6 Å². The number of hydrogen-bond donors (Lipinski definition) is 1. The van der Waals surface area contributed by atoms with Gasteiger partial charge in [-0.1, -0.05) is 23.7 Å². The summed E-state index contributed by atoms with van der Waals surface area (Å²) in [5.74, 6) is -0.448. The summed E-state index contributed by atoms with van der Waals surface area (Å²) in [4.78, 5) is 1.93. The SMILES string of the molecule is C[C@@H](CNCC(F)F)N(C)Cc1cccc(F)c1Cl. The van der Waals surface area contributed by atoms with Gasteiger partial charge in [-0.3, -0.25) is 4.90 Å². The highest BCUT2D eigenvalue weighted by atomic mass is 35.5. The van der Waals surface area contributed by atoms with E-state index in [9.17, 15) is 13.2 Å². The molecule has 0 bridgehead atoms. The topological polar surface area (TPSA) is 15.3 Å². The zero-order valence-corrected chi connectivity index (χ0v) is 11.7. The van der Waals surface area contributed by atoms with E-state index in [1.165, 1.54) is 6.07 Å². The summed E-state index contributed by atoms with van der Waals surface area (Å²) in [6.07, 6.45) is -2.35. The molecule has 1 N–H and O–H groups in total. The first kappa shape index (κ1) is 16.3. The van der Waals surface area contributed by atoms with Crippen molar-refractivity contribution in [2.24, 2.45) is 0 Å². The first-order valence-electron chi connectivity index (χ1n) is 6.03. The van der Waals surface area contributed by atoms with Crippen molar-refractivity contribution in [3.8, 4) is 0 Å². The van der Waals surface area contributed by atoms with Gasteiger partial charge in [0.25, 0.3) is 6.43 Å². The Hall–Kier alpha value is -0.780. The number of alkyl halides is 2. The molecule has 6 heteroatoms. The summed E-state index contributed by atoms with van der Waals surface area (Å²) in [6, 6.07) is 4.70. The van der Waals surface area contributed by atoms with Crippen molar-refractivity contribution >= 4 is 11.6 Å². The molecular weight excluding hydrogens is 277 g/mol. The maximum Gasteiger partial charge on any atom is 0.250 e. The van der Waals surface area contributed by atoms with Crippen LogP contribution in [0, 0.1) is 5.82 Å². The lowest BCUT2D eigenvalue weighted by atomic mass is 10.2. The molecule has 1 aromatic rings. The van der Waals surface area contributed by atoms with Crippen LogP contribution in [0.4, 0.5) is 13.2 Å². The highest BCUT2D eigenvalue weighted by Crippen LogP contribution is 2.21. The molecule has 0 amide bonds. The Bertz CT molecular complexity index is 401. The van der Waals surface area contributed by atoms with Gasteiger partial charge in [-0.2, -0.15) is 0 Å². The lowest BCUT2D eigenvalue weighted by molar-refractivity contribution is 0.140. The van der Waals surface area contributed by atoms with Crippen molar-refractivity contribution in [2.45, 2.75) is 25.9 Å². The monoisotopic (exact) mass is 294 g/mol. The van der Waals surface area contributed by atoms with Gasteiger partial charge in [0.2, 0.25) is 0 Å². The molecule has 0 radical (unpaired) electrons. The van der Waals surface area contributed by atoms with Gasteiger partial charge in [0.05, 0.1) is 11.6 Å². The Morgan fingerprint density at radius 2 is 2.00 bits per heavy atom. The molecule has 0 unspecified atom stereocenters. The van der Waals surface area contributed by atoms with Crippen molar-refractivity contribution in [2.75, 3.05) is 20.1 Å². The number of likely N-dealkylation sites (N-methyl/N-ethyl adjacent to an activating group) is 1. The van der Waals surface area contributed by atoms with Crippen LogP contribution in [0.2, 0.25) is 5.02 Å². The van der Waals surface area contributed by atoms with E-state index in [1.54, 1.807) is 12.1 Å². The first-order chi connectivity index (χ1) is 8.91. The molecular formula is C13H18ClF3N2. The van der Waals surface area contributed by atoms with Crippen LogP contribution >= 0.6 is 11.6 Å². The number of benzene rings is 1. The summed E-state index contributed by atoms with van der Waals surface area (Å²) >= 11 is 5.87. The van der Waals surface area contributed by atoms with Gasteiger partial charge < -0.3 is 5.32 Å². The number of rotatable bonds is 7. The van der Waals surface area contributed by atoms with Gasteiger partial charge >= 0.3 is 0 Å². The molecule has 0 heterocycles. The Balaban J connectivity index is 2.49. The van der Waals surface area contributed by atoms with Gasteiger partial charge in [-0.15, -0.1) is 0 Å². The third-order valence-corrected chi connectivity index (χ3v) is 3.37. The zero-order chi connectivity index (χ0) is 14.4. The summed E-state index contributed by atoms with van der Waals surface area (Å²) in [7, 11) is 1.84. The van der Waals surface area contributed by atoms with Gasteiger partial charge in [-0.25, -0.2) is 13.2 Å². The van der Waals surface area contributed by atoms with Gasteiger partial charge in [0.1, 0.15) is 5.82 Å². The second-order valence-electron chi connectivity index (χ2n) is 4.53. The van der Waals surface area contributed by atoms with Crippen molar-refractivity contribution in [3.63, 3.8) is 0 Å². The summed E-state index contributed by atoms with van der Waals surface area (Å²) < 4.78 is 37.3. The molecule has 0 aliphatic rings. The third kappa shape index (κ3) is 5.38. The van der Waals surface area contributed by atoms with Crippen LogP contribution in [0.5, 0.6) is 0 Å². The van der Waals surface area contributed by atoms with Crippen molar-refractivity contribution in [1.29, 1.82) is 0 Å². The molecule has 1 rings (SSSR count). The fourth-order valence-electron chi connectivity index (χ4n) is 1.65. The summed E-state index contributed by atoms with van der Waals surface area (Å²) in [5.41, 5.74) is 0.685. The minimum absolute atomic E-state index is 0.0399. The molecule has 0 aromatic heterocycles. The molecule has 1 aromatic carbocycles. The van der Waals surface area contributed by atoms with E-state index in [1.807, 2.05) is 18.9 Å². The average molecular weight is 295 g/mol. The Labute approximate surface area is 116 Å². The number of nitrogens with zero attached hydrogens (tertiary/aromatic N) is 1. The van der Waals surface area contributed by atoms with E-state index >= 15 is 0 Å². The molecule has 0 saturated heterocycles. The van der Waals surface area contributed by atoms with E-state index in [2.05, 4.69) is 5.32 Å². The molecule has 108 valence electrons. The van der Waals surface area contributed by atoms with Crippen LogP contribution < -0.4 is 5.32 Å². The predicted octanol–water partition coefficient (Wildman–Crippen LogP) is 3.15. The highest BCUT2D eigenvalue weighted by molar-refractivity contribution is 6.31. The maximum atomic E-state index is 13.3. The predicted molar refractivity (Wildman–Crippen MR) is 71.2 cm³/mol. The standard InChI is InChI=1S/C13H18ClF3N2/c1-9(6-18-7-12(16)17)19(2)8-10-4-3-5-11(15)13(10)14/h3-5,9,12,18H,6-8H2,1-2H3/t9-/m0/s1. The van der Waals surface area contributed by atoms with Crippen LogP contribution in [0.15, 0.2) is 18.2 Å². The van der Waals surface area contributed by atoms with E-state index in [0.29, 0.717) is 18.7 Å². The first-order valence-corrected chi connectivity index (χ1v) is 6.41. The largest absolute Gasteiger partial charge is 0.310 e. The number of halogens is 4. The van der Waals surface area contributed by atoms with E-state index in [0.717, 1.165) is 0 Å². The second kappa shape index (κ2) is 7.72. The van der Waals surface area contributed by atoms with Crippen LogP contribution in [-0.2, 0) is 6.54 Å². The van der Waals surface area contributed by atoms with E-state index in [-0.39, 0.29) is 17.6 Å². The third-order valence-electron chi connectivity index (χ3n) is 2.94. The number of nitrogens with one attached hydrogen (secondary N) is 1. The quantitative estimate of drug-likeness (QED) is 0.831. The zero-order valence-electron chi connectivity index (χ0n) is 11.0. The van der Waals surface area contributed by atoms with Gasteiger partial charge in [0.15, 0.2) is 0 Å². The van der Waals surface area contributed by atoms with Gasteiger partial charge in [0, 0.05) is 19.1 Å². The van der Waals surface area contributed by atoms with Crippen LogP contribution in [0.3, 0.4) is 0 Å². The van der Waals surface area contributed by atoms with Crippen molar-refractivity contribution in [1.82, 2.24) is 10.2 Å². The Morgan fingerprint density at radius 3 is 2.63 bits per heavy atom. The summed E-state index contributed by atoms with van der Waals surface area (Å²) in [5, 5.41) is 2.79. The van der Waals surface area contributed by atoms with E-state index < -0.39 is 12.2 Å². The van der Waals surface area contributed by atoms with Crippen LogP contribution in [0.25, 0.3) is 0 Å². The number of hydrogen-bond acceptors (Lipinski definition) is 2. The minimum atomic E-state index is -2.35. The fourth-order valence-corrected chi connectivity index (χ4v) is 1.84. The lowest BCUT2D eigenvalue weighted by Gasteiger charge is -2.25. The minimum Gasteiger partial charge on any atom is -0.310 e. The smallest absolute Gasteiger partial charge is 0.250 e. The Morgan fingerprint density at radius 1 is 1.32 bits per heavy atom. The fraction of sp³-hybridized carbons (Fsp3) is 0.538. The molecule has 1 atom stereocenters. The average Bonchev–Trinajstić information content (AvgIpc) is 2.34. The second-order valence-corrected chi connectivity index (χ2v) is 4.90. The van der Waals surface area contributed by atoms with Crippen molar-refractivity contribution < 1.29 is 13.2 Å². The molecule has 2 nitrogen and oxygen atoms in total. The molecule has 19 heavy (non-hydrogen) atoms. The van der Waals surface area contributed by atoms with Crippen LogP contribution in [-0.4, -0.2) is 37.5 Å². The molecule has 0 spiro atoms. The molecule has 0 aliphatic carbocycles. The van der Waals surface area contributed by atoms with Gasteiger partial charge in [-0.05, 0) is 25.6 Å². The van der Waals surface area contributed by atoms with Crippen LogP contribution in [0.1, 0.15) is 12.5 Å². The molecule has 0 fully saturated rings. The molecule has 0 saturated carbocycles. The Kier molecular flexibility index (Phi) is 6.62. The highest BCUT2D eigenvalue weighted by Gasteiger charge is 2.13. The maximum absolute atomic E-state index is 13.3. The lowest BCUT2D eigenvalue weighted by Crippen LogP contribution is -2.39. The van der Waals surface area contributed by atoms with Crippen molar-refractivity contribution in [3.05, 3.63) is 34.6 Å². The normalized spacial score (nSPS) is 13.3. The molecule has 0 aliphatic heterocycles. The summed E-state index contributed by atoms with van der Waals surface area (Å²) in [6.45, 7) is 2.49.